The first-order valence-electron chi connectivity index (χ1n) is 7.36. The second kappa shape index (κ2) is 5.76. The number of likely N-dealkylation sites (tertiary alicyclic amines) is 1. The van der Waals surface area contributed by atoms with Gasteiger partial charge in [0, 0.05) is 6.04 Å². The van der Waals surface area contributed by atoms with Gasteiger partial charge >= 0.3 is 12.1 Å². The van der Waals surface area contributed by atoms with Crippen molar-refractivity contribution in [3.8, 4) is 0 Å². The van der Waals surface area contributed by atoms with Crippen LogP contribution < -0.4 is 0 Å². The molecule has 3 rings (SSSR count). The third-order valence-electron chi connectivity index (χ3n) is 4.08. The minimum atomic E-state index is -0.475. The molecule has 0 radical (unpaired) electrons. The molecule has 1 aliphatic carbocycles. The topological polar surface area (TPSA) is 55.8 Å². The summed E-state index contributed by atoms with van der Waals surface area (Å²) in [5.41, 5.74) is 0.935. The van der Waals surface area contributed by atoms with Crippen LogP contribution in [0.4, 0.5) is 4.79 Å². The highest BCUT2D eigenvalue weighted by Crippen LogP contribution is 2.48. The lowest BCUT2D eigenvalue weighted by molar-refractivity contribution is -0.148. The molecule has 2 fully saturated rings. The number of ether oxygens (including phenoxy) is 2. The second-order valence-electron chi connectivity index (χ2n) is 5.51. The molecule has 5 nitrogen and oxygen atoms in total. The number of piperidine rings is 1. The van der Waals surface area contributed by atoms with E-state index in [1.807, 2.05) is 30.3 Å². The lowest BCUT2D eigenvalue weighted by atomic mass is 10.2. The first-order valence-corrected chi connectivity index (χ1v) is 7.36. The van der Waals surface area contributed by atoms with Crippen LogP contribution in [-0.2, 0) is 20.9 Å². The maximum atomic E-state index is 12.3. The van der Waals surface area contributed by atoms with E-state index in [0.717, 1.165) is 12.0 Å². The maximum absolute atomic E-state index is 12.3. The zero-order valence-electron chi connectivity index (χ0n) is 12.0. The molecule has 1 saturated heterocycles. The van der Waals surface area contributed by atoms with E-state index in [2.05, 4.69) is 0 Å². The fourth-order valence-electron chi connectivity index (χ4n) is 2.96. The molecular formula is C16H19NO4. The highest BCUT2D eigenvalue weighted by molar-refractivity contribution is 5.83. The highest BCUT2D eigenvalue weighted by atomic mass is 16.6. The van der Waals surface area contributed by atoms with E-state index in [0.29, 0.717) is 18.9 Å². The normalized spacial score (nSPS) is 26.1. The van der Waals surface area contributed by atoms with Gasteiger partial charge in [-0.15, -0.1) is 0 Å². The maximum Gasteiger partial charge on any atom is 0.411 e. The van der Waals surface area contributed by atoms with Crippen molar-refractivity contribution in [3.63, 3.8) is 0 Å². The number of hydrogen-bond acceptors (Lipinski definition) is 4. The Hall–Kier alpha value is -2.04. The molecule has 1 unspecified atom stereocenters. The number of carbonyl (C=O) groups is 2. The molecule has 1 aromatic rings. The number of fused-ring (bicyclic) bond motifs is 1. The van der Waals surface area contributed by atoms with Gasteiger partial charge in [-0.05, 0) is 31.2 Å². The number of carbonyl (C=O) groups excluding carboxylic acids is 2. The van der Waals surface area contributed by atoms with Gasteiger partial charge in [-0.1, -0.05) is 30.3 Å². The van der Waals surface area contributed by atoms with Crippen LogP contribution >= 0.6 is 0 Å². The van der Waals surface area contributed by atoms with Crippen LogP contribution in [0.5, 0.6) is 0 Å². The minimum Gasteiger partial charge on any atom is -0.464 e. The van der Waals surface area contributed by atoms with Gasteiger partial charge in [-0.25, -0.2) is 9.59 Å². The largest absolute Gasteiger partial charge is 0.464 e. The highest BCUT2D eigenvalue weighted by Gasteiger charge is 2.57. The van der Waals surface area contributed by atoms with Crippen molar-refractivity contribution in [2.75, 3.05) is 6.61 Å². The molecule has 0 spiro atoms. The van der Waals surface area contributed by atoms with Crippen LogP contribution in [0, 0.1) is 5.92 Å². The summed E-state index contributed by atoms with van der Waals surface area (Å²) in [6.45, 7) is 2.33. The van der Waals surface area contributed by atoms with Crippen molar-refractivity contribution in [2.24, 2.45) is 5.92 Å². The summed E-state index contributed by atoms with van der Waals surface area (Å²) in [5, 5.41) is 0. The van der Waals surface area contributed by atoms with E-state index in [-0.39, 0.29) is 18.6 Å². The Morgan fingerprint density at radius 1 is 1.19 bits per heavy atom. The van der Waals surface area contributed by atoms with Gasteiger partial charge < -0.3 is 9.47 Å². The van der Waals surface area contributed by atoms with Crippen LogP contribution in [0.2, 0.25) is 0 Å². The third-order valence-corrected chi connectivity index (χ3v) is 4.08. The molecule has 0 aromatic heterocycles. The fraction of sp³-hybridized carbons (Fsp3) is 0.500. The molecule has 112 valence electrons. The number of amides is 1. The molecule has 1 aliphatic heterocycles. The number of rotatable bonds is 4. The molecule has 1 saturated carbocycles. The van der Waals surface area contributed by atoms with Crippen molar-refractivity contribution in [1.29, 1.82) is 0 Å². The van der Waals surface area contributed by atoms with E-state index in [1.165, 1.54) is 0 Å². The summed E-state index contributed by atoms with van der Waals surface area (Å²) < 4.78 is 10.4. The Bertz CT molecular complexity index is 530. The third kappa shape index (κ3) is 2.86. The van der Waals surface area contributed by atoms with Gasteiger partial charge in [-0.3, -0.25) is 4.90 Å². The van der Waals surface area contributed by atoms with E-state index < -0.39 is 12.1 Å². The zero-order valence-corrected chi connectivity index (χ0v) is 12.0. The molecule has 1 aromatic carbocycles. The molecule has 1 heterocycles. The Balaban J connectivity index is 1.61. The van der Waals surface area contributed by atoms with Crippen LogP contribution in [-0.4, -0.2) is 35.7 Å². The average Bonchev–Trinajstić information content (AvgIpc) is 3.16. The standard InChI is InChI=1S/C16H19NO4/c1-2-20-15(18)14-9-12-8-13(12)17(14)16(19)21-10-11-6-4-3-5-7-11/h3-7,12-14H,2,8-10H2,1H3/t12-,13-,14?/m1/s1. The summed E-state index contributed by atoms with van der Waals surface area (Å²) in [4.78, 5) is 25.8. The fourth-order valence-corrected chi connectivity index (χ4v) is 2.96. The minimum absolute atomic E-state index is 0.155. The van der Waals surface area contributed by atoms with E-state index in [4.69, 9.17) is 9.47 Å². The van der Waals surface area contributed by atoms with Crippen molar-refractivity contribution in [1.82, 2.24) is 4.90 Å². The molecule has 0 N–H and O–H groups in total. The van der Waals surface area contributed by atoms with E-state index >= 15 is 0 Å². The summed E-state index contributed by atoms with van der Waals surface area (Å²) in [7, 11) is 0. The second-order valence-corrected chi connectivity index (χ2v) is 5.51. The Kier molecular flexibility index (Phi) is 3.82. The zero-order chi connectivity index (χ0) is 14.8. The first-order chi connectivity index (χ1) is 10.2. The van der Waals surface area contributed by atoms with Crippen molar-refractivity contribution in [2.45, 2.75) is 38.5 Å². The van der Waals surface area contributed by atoms with Crippen LogP contribution in [0.25, 0.3) is 0 Å². The Morgan fingerprint density at radius 3 is 2.67 bits per heavy atom. The first kappa shape index (κ1) is 13.9. The molecular weight excluding hydrogens is 270 g/mol. The predicted molar refractivity (Wildman–Crippen MR) is 75.4 cm³/mol. The van der Waals surface area contributed by atoms with Gasteiger partial charge in [0.05, 0.1) is 6.61 Å². The number of benzene rings is 1. The summed E-state index contributed by atoms with van der Waals surface area (Å²) in [5.74, 6) is 0.116. The number of esters is 1. The summed E-state index contributed by atoms with van der Waals surface area (Å²) in [6.07, 6.45) is 1.25. The van der Waals surface area contributed by atoms with Crippen LogP contribution in [0.1, 0.15) is 25.3 Å². The predicted octanol–water partition coefficient (Wildman–Crippen LogP) is 2.35. The Labute approximate surface area is 123 Å². The molecule has 5 heteroatoms. The molecule has 3 atom stereocenters. The average molecular weight is 289 g/mol. The van der Waals surface area contributed by atoms with E-state index in [1.54, 1.807) is 11.8 Å². The van der Waals surface area contributed by atoms with Crippen molar-refractivity contribution < 1.29 is 19.1 Å². The Morgan fingerprint density at radius 2 is 1.95 bits per heavy atom. The SMILES string of the molecule is CCOC(=O)C1C[C@H]2C[C@H]2N1C(=O)OCc1ccccc1. The van der Waals surface area contributed by atoms with Gasteiger partial charge in [0.25, 0.3) is 0 Å². The molecule has 0 bridgehead atoms. The molecule has 2 aliphatic rings. The lowest BCUT2D eigenvalue weighted by Gasteiger charge is -2.25. The van der Waals surface area contributed by atoms with Gasteiger partial charge in [-0.2, -0.15) is 0 Å². The van der Waals surface area contributed by atoms with E-state index in [9.17, 15) is 9.59 Å². The number of hydrogen-bond donors (Lipinski definition) is 0. The van der Waals surface area contributed by atoms with Gasteiger partial charge in [0.2, 0.25) is 0 Å². The quantitative estimate of drug-likeness (QED) is 0.798. The van der Waals surface area contributed by atoms with Crippen LogP contribution in [0.15, 0.2) is 30.3 Å². The monoisotopic (exact) mass is 289 g/mol. The van der Waals surface area contributed by atoms with Crippen molar-refractivity contribution >= 4 is 12.1 Å². The van der Waals surface area contributed by atoms with Gasteiger partial charge in [0.15, 0.2) is 0 Å². The number of nitrogens with zero attached hydrogens (tertiary/aromatic N) is 1. The summed E-state index contributed by atoms with van der Waals surface area (Å²) >= 11 is 0. The lowest BCUT2D eigenvalue weighted by Crippen LogP contribution is -2.44. The summed E-state index contributed by atoms with van der Waals surface area (Å²) in [6, 6.07) is 9.20. The molecule has 21 heavy (non-hydrogen) atoms. The van der Waals surface area contributed by atoms with Crippen molar-refractivity contribution in [3.05, 3.63) is 35.9 Å². The van der Waals surface area contributed by atoms with Gasteiger partial charge in [0.1, 0.15) is 12.6 Å². The smallest absolute Gasteiger partial charge is 0.411 e. The molecule has 1 amide bonds. The van der Waals surface area contributed by atoms with Crippen LogP contribution in [0.3, 0.4) is 0 Å².